The number of nitrogens with two attached hydrogens (primary N) is 1. The van der Waals surface area contributed by atoms with E-state index in [1.54, 1.807) is 29.2 Å². The number of ether oxygens (including phenoxy) is 1. The van der Waals surface area contributed by atoms with Crippen molar-refractivity contribution in [2.45, 2.75) is 19.1 Å². The number of primary amides is 1. The summed E-state index contributed by atoms with van der Waals surface area (Å²) < 4.78 is 45.5. The lowest BCUT2D eigenvalue weighted by molar-refractivity contribution is -0.140. The summed E-state index contributed by atoms with van der Waals surface area (Å²) in [6.45, 7) is 4.87. The number of hydrogen-bond acceptors (Lipinski definition) is 4. The van der Waals surface area contributed by atoms with Gasteiger partial charge in [-0.3, -0.25) is 14.5 Å². The van der Waals surface area contributed by atoms with E-state index in [2.05, 4.69) is 4.90 Å². The van der Waals surface area contributed by atoms with Crippen LogP contribution in [0.4, 0.5) is 13.2 Å². The first-order valence-electron chi connectivity index (χ1n) is 8.75. The van der Waals surface area contributed by atoms with E-state index in [9.17, 15) is 22.8 Å². The molecule has 28 heavy (non-hydrogen) atoms. The quantitative estimate of drug-likeness (QED) is 0.833. The number of carbonyl (C=O) groups excluding carboxylic acids is 1. The highest BCUT2D eigenvalue weighted by Gasteiger charge is 2.36. The Morgan fingerprint density at radius 3 is 2.36 bits per heavy atom. The van der Waals surface area contributed by atoms with Crippen LogP contribution in [0.1, 0.15) is 34.6 Å². The van der Waals surface area contributed by atoms with Crippen molar-refractivity contribution in [3.63, 3.8) is 0 Å². The van der Waals surface area contributed by atoms with Gasteiger partial charge in [-0.05, 0) is 24.1 Å². The molecule has 3 N–H and O–H groups in total. The molecule has 2 heterocycles. The fourth-order valence-electron chi connectivity index (χ4n) is 3.28. The lowest BCUT2D eigenvalue weighted by Crippen LogP contribution is -2.37. The molecular formula is C19H20F3N3O3. The van der Waals surface area contributed by atoms with Crippen LogP contribution < -0.4 is 11.3 Å². The highest BCUT2D eigenvalue weighted by Crippen LogP contribution is 2.36. The number of alkyl halides is 3. The van der Waals surface area contributed by atoms with E-state index >= 15 is 0 Å². The Kier molecular flexibility index (Phi) is 5.57. The topological polar surface area (TPSA) is 88.4 Å². The highest BCUT2D eigenvalue weighted by atomic mass is 19.4. The third-order valence-corrected chi connectivity index (χ3v) is 4.89. The predicted molar refractivity (Wildman–Crippen MR) is 96.8 cm³/mol. The number of hydrogen-bond donors (Lipinski definition) is 2. The molecule has 1 amide bonds. The zero-order valence-corrected chi connectivity index (χ0v) is 15.2. The Labute approximate surface area is 159 Å². The van der Waals surface area contributed by atoms with Crippen molar-refractivity contribution in [3.05, 3.63) is 57.5 Å². The molecule has 1 saturated heterocycles. The van der Waals surface area contributed by atoms with E-state index in [1.807, 2.05) is 6.92 Å². The number of aromatic amines is 1. The Hall–Kier alpha value is -2.65. The van der Waals surface area contributed by atoms with E-state index in [-0.39, 0.29) is 17.2 Å². The van der Waals surface area contributed by atoms with Gasteiger partial charge in [0.25, 0.3) is 11.5 Å². The minimum absolute atomic E-state index is 0.0804. The molecule has 150 valence electrons. The van der Waals surface area contributed by atoms with Crippen LogP contribution in [0, 0.1) is 0 Å². The van der Waals surface area contributed by atoms with E-state index in [0.29, 0.717) is 13.2 Å². The molecule has 1 atom stereocenters. The van der Waals surface area contributed by atoms with Crippen molar-refractivity contribution in [3.8, 4) is 11.1 Å². The molecule has 1 aromatic carbocycles. The minimum atomic E-state index is -4.79. The van der Waals surface area contributed by atoms with Crippen LogP contribution in [0.25, 0.3) is 11.1 Å². The van der Waals surface area contributed by atoms with Crippen LogP contribution in [0.2, 0.25) is 0 Å². The number of amides is 1. The summed E-state index contributed by atoms with van der Waals surface area (Å²) in [7, 11) is 0. The third-order valence-electron chi connectivity index (χ3n) is 4.89. The maximum atomic E-state index is 13.4. The van der Waals surface area contributed by atoms with Crippen molar-refractivity contribution >= 4 is 5.91 Å². The summed E-state index contributed by atoms with van der Waals surface area (Å²) in [5.41, 5.74) is 3.08. The average molecular weight is 395 g/mol. The van der Waals surface area contributed by atoms with E-state index in [4.69, 9.17) is 10.5 Å². The summed E-state index contributed by atoms with van der Waals surface area (Å²) in [5.74, 6) is -1.09. The Morgan fingerprint density at radius 1 is 1.21 bits per heavy atom. The molecule has 1 aromatic heterocycles. The molecule has 1 aliphatic rings. The van der Waals surface area contributed by atoms with Gasteiger partial charge in [0.15, 0.2) is 0 Å². The second-order valence-electron chi connectivity index (χ2n) is 6.61. The number of carbonyl (C=O) groups is 1. The van der Waals surface area contributed by atoms with Crippen LogP contribution in [-0.2, 0) is 10.9 Å². The number of rotatable bonds is 4. The van der Waals surface area contributed by atoms with Crippen LogP contribution >= 0.6 is 0 Å². The molecule has 1 unspecified atom stereocenters. The predicted octanol–water partition coefficient (Wildman–Crippen LogP) is 2.55. The molecule has 0 radical (unpaired) electrons. The van der Waals surface area contributed by atoms with Gasteiger partial charge in [0.05, 0.1) is 13.2 Å². The highest BCUT2D eigenvalue weighted by molar-refractivity contribution is 5.93. The minimum Gasteiger partial charge on any atom is -0.379 e. The Morgan fingerprint density at radius 2 is 1.82 bits per heavy atom. The average Bonchev–Trinajstić information content (AvgIpc) is 2.67. The standard InChI is InChI=1S/C19H20F3N3O3/c1-11(25-6-8-28-9-7-25)12-2-4-13(5-3-12)14-10-15(17(23)26)18(27)24-16(14)19(20,21)22/h2-5,10-11H,6-9H2,1H3,(H2,23,26)(H,24,27). The smallest absolute Gasteiger partial charge is 0.379 e. The molecule has 9 heteroatoms. The van der Waals surface area contributed by atoms with Gasteiger partial charge >= 0.3 is 6.18 Å². The number of halogens is 3. The second-order valence-corrected chi connectivity index (χ2v) is 6.61. The van der Waals surface area contributed by atoms with Crippen molar-refractivity contribution in [2.24, 2.45) is 5.73 Å². The number of morpholine rings is 1. The normalized spacial score (nSPS) is 16.7. The van der Waals surface area contributed by atoms with Crippen molar-refractivity contribution in [1.29, 1.82) is 0 Å². The largest absolute Gasteiger partial charge is 0.431 e. The molecule has 0 saturated carbocycles. The van der Waals surface area contributed by atoms with Gasteiger partial charge in [0.1, 0.15) is 11.3 Å². The van der Waals surface area contributed by atoms with Gasteiger partial charge in [-0.2, -0.15) is 13.2 Å². The fraction of sp³-hybridized carbons (Fsp3) is 0.368. The van der Waals surface area contributed by atoms with Crippen LogP contribution in [0.15, 0.2) is 35.1 Å². The van der Waals surface area contributed by atoms with Gasteiger partial charge < -0.3 is 15.5 Å². The monoisotopic (exact) mass is 395 g/mol. The summed E-state index contributed by atoms with van der Waals surface area (Å²) in [6, 6.07) is 7.54. The fourth-order valence-corrected chi connectivity index (χ4v) is 3.28. The lowest BCUT2D eigenvalue weighted by Gasteiger charge is -2.32. The number of nitrogens with zero attached hydrogens (tertiary/aromatic N) is 1. The third kappa shape index (κ3) is 4.10. The molecule has 0 bridgehead atoms. The molecule has 0 aliphatic carbocycles. The van der Waals surface area contributed by atoms with Crippen molar-refractivity contribution < 1.29 is 22.7 Å². The maximum absolute atomic E-state index is 13.4. The van der Waals surface area contributed by atoms with Crippen molar-refractivity contribution in [1.82, 2.24) is 9.88 Å². The van der Waals surface area contributed by atoms with Crippen LogP contribution in [0.3, 0.4) is 0 Å². The van der Waals surface area contributed by atoms with E-state index in [0.717, 1.165) is 24.7 Å². The summed E-state index contributed by atoms with van der Waals surface area (Å²) >= 11 is 0. The maximum Gasteiger partial charge on any atom is 0.431 e. The number of pyridine rings is 1. The summed E-state index contributed by atoms with van der Waals surface area (Å²) in [4.78, 5) is 27.1. The van der Waals surface area contributed by atoms with Gasteiger partial charge in [0.2, 0.25) is 0 Å². The molecule has 2 aromatic rings. The molecular weight excluding hydrogens is 375 g/mol. The molecule has 6 nitrogen and oxygen atoms in total. The molecule has 1 fully saturated rings. The Bertz CT molecular complexity index is 917. The van der Waals surface area contributed by atoms with Crippen LogP contribution in [-0.4, -0.2) is 42.1 Å². The Balaban J connectivity index is 1.99. The zero-order valence-electron chi connectivity index (χ0n) is 15.2. The van der Waals surface area contributed by atoms with Gasteiger partial charge in [0, 0.05) is 24.7 Å². The number of aromatic nitrogens is 1. The lowest BCUT2D eigenvalue weighted by atomic mass is 9.98. The number of benzene rings is 1. The van der Waals surface area contributed by atoms with Gasteiger partial charge in [-0.25, -0.2) is 0 Å². The number of H-pyrrole nitrogens is 1. The van der Waals surface area contributed by atoms with Crippen molar-refractivity contribution in [2.75, 3.05) is 26.3 Å². The zero-order chi connectivity index (χ0) is 20.5. The van der Waals surface area contributed by atoms with E-state index in [1.165, 1.54) is 0 Å². The summed E-state index contributed by atoms with van der Waals surface area (Å²) in [6.07, 6.45) is -4.79. The first-order valence-corrected chi connectivity index (χ1v) is 8.75. The first kappa shape index (κ1) is 20.1. The second kappa shape index (κ2) is 7.76. The van der Waals surface area contributed by atoms with Gasteiger partial charge in [-0.1, -0.05) is 24.3 Å². The summed E-state index contributed by atoms with van der Waals surface area (Å²) in [5, 5.41) is 0. The van der Waals surface area contributed by atoms with E-state index < -0.39 is 28.9 Å². The first-order chi connectivity index (χ1) is 13.2. The SMILES string of the molecule is CC(c1ccc(-c2cc(C(N)=O)c(=O)[nH]c2C(F)(F)F)cc1)N1CCOCC1. The molecule has 0 spiro atoms. The van der Waals surface area contributed by atoms with Crippen LogP contribution in [0.5, 0.6) is 0 Å². The van der Waals surface area contributed by atoms with Gasteiger partial charge in [-0.15, -0.1) is 0 Å². The molecule has 3 rings (SSSR count). The number of nitrogens with one attached hydrogen (secondary N) is 1. The molecule has 1 aliphatic heterocycles.